The fraction of sp³-hybridized carbons (Fsp3) is 0.438. The second-order valence-corrected chi connectivity index (χ2v) is 6.07. The molecule has 1 aliphatic rings. The third-order valence-corrected chi connectivity index (χ3v) is 4.21. The smallest absolute Gasteiger partial charge is 0.329 e. The van der Waals surface area contributed by atoms with E-state index in [1.165, 1.54) is 0 Å². The zero-order valence-corrected chi connectivity index (χ0v) is 13.7. The Morgan fingerprint density at radius 1 is 1.40 bits per heavy atom. The molecule has 0 bridgehead atoms. The number of hydrogen-bond donors (Lipinski definition) is 1. The summed E-state index contributed by atoms with van der Waals surface area (Å²) in [5.74, 6) is -1.54. The lowest BCUT2D eigenvalue weighted by Gasteiger charge is -2.22. The molecule has 2 heterocycles. The normalized spacial score (nSPS) is 17.8. The van der Waals surface area contributed by atoms with E-state index in [-0.39, 0.29) is 17.9 Å². The van der Waals surface area contributed by atoms with Crippen LogP contribution >= 0.6 is 0 Å². The lowest BCUT2D eigenvalue weighted by atomic mass is 10.1. The minimum absolute atomic E-state index is 0.151. The topological polar surface area (TPSA) is 71.3 Å². The summed E-state index contributed by atoms with van der Waals surface area (Å²) >= 11 is 0. The molecule has 6 nitrogen and oxygen atoms in total. The van der Waals surface area contributed by atoms with Crippen LogP contribution in [0.1, 0.15) is 31.2 Å². The molecule has 1 fully saturated rings. The number of benzene rings is 1. The first-order valence-electron chi connectivity index (χ1n) is 7.85. The van der Waals surface area contributed by atoms with Crippen molar-refractivity contribution in [1.82, 2.24) is 15.0 Å². The number of amides is 2. The maximum Gasteiger partial charge on any atom is 0.471 e. The molecule has 1 aliphatic heterocycles. The van der Waals surface area contributed by atoms with Crippen LogP contribution in [0.4, 0.5) is 23.7 Å². The van der Waals surface area contributed by atoms with Crippen molar-refractivity contribution in [2.45, 2.75) is 38.9 Å². The number of alkyl halides is 3. The summed E-state index contributed by atoms with van der Waals surface area (Å²) in [5.41, 5.74) is 1.66. The van der Waals surface area contributed by atoms with E-state index < -0.39 is 12.1 Å². The highest BCUT2D eigenvalue weighted by atomic mass is 19.4. The Labute approximate surface area is 142 Å². The Balaban J connectivity index is 1.77. The van der Waals surface area contributed by atoms with Gasteiger partial charge in [-0.3, -0.25) is 0 Å². The molecule has 2 aromatic rings. The van der Waals surface area contributed by atoms with E-state index in [2.05, 4.69) is 20.0 Å². The predicted octanol–water partition coefficient (Wildman–Crippen LogP) is 4.08. The van der Waals surface area contributed by atoms with E-state index >= 15 is 0 Å². The average Bonchev–Trinajstić information content (AvgIpc) is 3.17. The summed E-state index contributed by atoms with van der Waals surface area (Å²) in [5, 5.41) is 6.19. The molecule has 1 saturated heterocycles. The average molecular weight is 354 g/mol. The fourth-order valence-corrected chi connectivity index (χ4v) is 2.82. The maximum absolute atomic E-state index is 12.5. The second-order valence-electron chi connectivity index (χ2n) is 6.07. The van der Waals surface area contributed by atoms with E-state index in [0.717, 1.165) is 12.8 Å². The predicted molar refractivity (Wildman–Crippen MR) is 83.9 cm³/mol. The lowest BCUT2D eigenvalue weighted by Crippen LogP contribution is -2.37. The second kappa shape index (κ2) is 6.38. The molecule has 2 amide bonds. The summed E-state index contributed by atoms with van der Waals surface area (Å²) in [6.07, 6.45) is -2.72. The van der Waals surface area contributed by atoms with E-state index in [0.29, 0.717) is 23.4 Å². The van der Waals surface area contributed by atoms with Crippen LogP contribution in [-0.2, 0) is 6.18 Å². The molecule has 134 valence electrons. The molecule has 0 radical (unpaired) electrons. The Hall–Kier alpha value is -2.58. The Bertz CT molecular complexity index is 788. The van der Waals surface area contributed by atoms with Gasteiger partial charge in [0.1, 0.15) is 0 Å². The number of carbonyl (C=O) groups is 1. The molecule has 25 heavy (non-hydrogen) atoms. The molecule has 1 atom stereocenters. The van der Waals surface area contributed by atoms with Gasteiger partial charge in [0.05, 0.1) is 0 Å². The van der Waals surface area contributed by atoms with E-state index in [4.69, 9.17) is 0 Å². The number of aromatic nitrogens is 2. The molecular weight excluding hydrogens is 337 g/mol. The van der Waals surface area contributed by atoms with Gasteiger partial charge in [-0.25, -0.2) is 4.79 Å². The molecule has 3 rings (SSSR count). The van der Waals surface area contributed by atoms with Gasteiger partial charge < -0.3 is 14.7 Å². The molecule has 0 spiro atoms. The van der Waals surface area contributed by atoms with Gasteiger partial charge in [-0.05, 0) is 50.5 Å². The minimum Gasteiger partial charge on any atom is -0.329 e. The van der Waals surface area contributed by atoms with Gasteiger partial charge in [0.25, 0.3) is 0 Å². The summed E-state index contributed by atoms with van der Waals surface area (Å²) < 4.78 is 41.8. The van der Waals surface area contributed by atoms with Crippen molar-refractivity contribution in [3.05, 3.63) is 29.7 Å². The van der Waals surface area contributed by atoms with Gasteiger partial charge in [-0.2, -0.15) is 18.2 Å². The molecule has 1 unspecified atom stereocenters. The number of halogens is 3. The Kier molecular flexibility index (Phi) is 4.40. The monoisotopic (exact) mass is 354 g/mol. The summed E-state index contributed by atoms with van der Waals surface area (Å²) in [6, 6.07) is 4.78. The van der Waals surface area contributed by atoms with Gasteiger partial charge in [0.2, 0.25) is 5.82 Å². The number of nitrogens with zero attached hydrogens (tertiary/aromatic N) is 3. The summed E-state index contributed by atoms with van der Waals surface area (Å²) in [7, 11) is 0. The molecule has 0 saturated carbocycles. The number of rotatable bonds is 2. The summed E-state index contributed by atoms with van der Waals surface area (Å²) in [6.45, 7) is 4.46. The van der Waals surface area contributed by atoms with E-state index in [1.54, 1.807) is 30.0 Å². The molecular formula is C16H17F3N4O2. The number of carbonyl (C=O) groups excluding carboxylic acids is 1. The van der Waals surface area contributed by atoms with Gasteiger partial charge in [0, 0.05) is 23.8 Å². The summed E-state index contributed by atoms with van der Waals surface area (Å²) in [4.78, 5) is 17.4. The van der Waals surface area contributed by atoms with Crippen LogP contribution in [0.2, 0.25) is 0 Å². The van der Waals surface area contributed by atoms with Crippen LogP contribution in [0.3, 0.4) is 0 Å². The van der Waals surface area contributed by atoms with Crippen molar-refractivity contribution in [1.29, 1.82) is 0 Å². The van der Waals surface area contributed by atoms with Crippen LogP contribution in [-0.4, -0.2) is 33.7 Å². The van der Waals surface area contributed by atoms with Gasteiger partial charge in [-0.1, -0.05) is 5.16 Å². The number of anilines is 1. The van der Waals surface area contributed by atoms with E-state index in [9.17, 15) is 18.0 Å². The van der Waals surface area contributed by atoms with Crippen molar-refractivity contribution >= 4 is 11.7 Å². The molecule has 9 heteroatoms. The third kappa shape index (κ3) is 3.59. The molecule has 1 N–H and O–H groups in total. The molecule has 0 aliphatic carbocycles. The van der Waals surface area contributed by atoms with E-state index in [1.807, 2.05) is 6.92 Å². The molecule has 1 aromatic heterocycles. The van der Waals surface area contributed by atoms with Crippen molar-refractivity contribution in [2.24, 2.45) is 0 Å². The number of likely N-dealkylation sites (tertiary alicyclic amines) is 1. The minimum atomic E-state index is -4.68. The van der Waals surface area contributed by atoms with Crippen molar-refractivity contribution in [2.75, 3.05) is 11.9 Å². The first kappa shape index (κ1) is 17.2. The van der Waals surface area contributed by atoms with Gasteiger partial charge in [-0.15, -0.1) is 0 Å². The number of nitrogens with one attached hydrogen (secondary N) is 1. The largest absolute Gasteiger partial charge is 0.471 e. The highest BCUT2D eigenvalue weighted by Gasteiger charge is 2.38. The lowest BCUT2D eigenvalue weighted by molar-refractivity contribution is -0.159. The number of urea groups is 1. The van der Waals surface area contributed by atoms with Crippen LogP contribution in [0.15, 0.2) is 22.7 Å². The zero-order chi connectivity index (χ0) is 18.2. The maximum atomic E-state index is 12.5. The quantitative estimate of drug-likeness (QED) is 0.882. The van der Waals surface area contributed by atoms with Crippen LogP contribution in [0.5, 0.6) is 0 Å². The number of aryl methyl sites for hydroxylation is 1. The van der Waals surface area contributed by atoms with Crippen LogP contribution in [0, 0.1) is 6.92 Å². The third-order valence-electron chi connectivity index (χ3n) is 4.21. The first-order chi connectivity index (χ1) is 11.8. The van der Waals surface area contributed by atoms with Crippen LogP contribution < -0.4 is 5.32 Å². The Morgan fingerprint density at radius 2 is 2.16 bits per heavy atom. The highest BCUT2D eigenvalue weighted by molar-refractivity contribution is 5.90. The van der Waals surface area contributed by atoms with Gasteiger partial charge in [0.15, 0.2) is 0 Å². The van der Waals surface area contributed by atoms with Crippen LogP contribution in [0.25, 0.3) is 11.4 Å². The Morgan fingerprint density at radius 3 is 2.72 bits per heavy atom. The number of hydrogen-bond acceptors (Lipinski definition) is 4. The van der Waals surface area contributed by atoms with Crippen molar-refractivity contribution in [3.63, 3.8) is 0 Å². The first-order valence-corrected chi connectivity index (χ1v) is 7.85. The van der Waals surface area contributed by atoms with Crippen molar-refractivity contribution < 1.29 is 22.5 Å². The highest BCUT2D eigenvalue weighted by Crippen LogP contribution is 2.30. The standard InChI is InChI=1S/C16H17F3N4O2/c1-9-8-11(13-21-14(25-22-13)16(17,18)19)5-6-12(9)20-15(24)23-7-3-4-10(23)2/h5-6,8,10H,3-4,7H2,1-2H3,(H,20,24). The molecule has 1 aromatic carbocycles. The van der Waals surface area contributed by atoms with Gasteiger partial charge >= 0.3 is 18.1 Å². The van der Waals surface area contributed by atoms with Crippen molar-refractivity contribution in [3.8, 4) is 11.4 Å². The fourth-order valence-electron chi connectivity index (χ4n) is 2.82. The zero-order valence-electron chi connectivity index (χ0n) is 13.7. The SMILES string of the molecule is Cc1cc(-c2noc(C(F)(F)F)n2)ccc1NC(=O)N1CCCC1C.